The zero-order chi connectivity index (χ0) is 20.4. The smallest absolute Gasteiger partial charge is 0.228 e. The van der Waals surface area contributed by atoms with E-state index in [1.54, 1.807) is 18.2 Å². The number of aromatic nitrogens is 4. The number of benzene rings is 2. The Morgan fingerprint density at radius 3 is 2.59 bits per heavy atom. The maximum Gasteiger partial charge on any atom is 0.228 e. The summed E-state index contributed by atoms with van der Waals surface area (Å²) in [5.74, 6) is 1.06. The number of nitrogens with zero attached hydrogens (tertiary/aromatic N) is 4. The monoisotopic (exact) mass is 391 g/mol. The lowest BCUT2D eigenvalue weighted by Crippen LogP contribution is -2.15. The SMILES string of the molecule is COc1ccc(C(C)=O)cc1CC(=O)Nc1ccc(-c2nnnn2C2CC2)cc1. The molecule has 1 N–H and O–H groups in total. The van der Waals surface area contributed by atoms with Crippen LogP contribution in [0.25, 0.3) is 11.4 Å². The van der Waals surface area contributed by atoms with E-state index >= 15 is 0 Å². The van der Waals surface area contributed by atoms with Crippen molar-refractivity contribution >= 4 is 17.4 Å². The van der Waals surface area contributed by atoms with Gasteiger partial charge in [-0.05, 0) is 72.7 Å². The molecule has 0 bridgehead atoms. The molecule has 1 heterocycles. The summed E-state index contributed by atoms with van der Waals surface area (Å²) in [6.07, 6.45) is 2.30. The number of carbonyl (C=O) groups excluding carboxylic acids is 2. The van der Waals surface area contributed by atoms with Gasteiger partial charge in [-0.1, -0.05) is 0 Å². The van der Waals surface area contributed by atoms with Gasteiger partial charge in [-0.25, -0.2) is 4.68 Å². The largest absolute Gasteiger partial charge is 0.496 e. The molecule has 1 aliphatic rings. The highest BCUT2D eigenvalue weighted by Crippen LogP contribution is 2.36. The van der Waals surface area contributed by atoms with Crippen LogP contribution in [0.2, 0.25) is 0 Å². The predicted molar refractivity (Wildman–Crippen MR) is 107 cm³/mol. The van der Waals surface area contributed by atoms with Crippen molar-refractivity contribution in [3.8, 4) is 17.1 Å². The van der Waals surface area contributed by atoms with E-state index in [1.807, 2.05) is 28.9 Å². The molecule has 0 radical (unpaired) electrons. The lowest BCUT2D eigenvalue weighted by atomic mass is 10.0. The van der Waals surface area contributed by atoms with Gasteiger partial charge in [0.1, 0.15) is 5.75 Å². The van der Waals surface area contributed by atoms with Crippen molar-refractivity contribution in [2.45, 2.75) is 32.2 Å². The van der Waals surface area contributed by atoms with Crippen LogP contribution in [0.5, 0.6) is 5.75 Å². The predicted octanol–water partition coefficient (Wildman–Crippen LogP) is 3.07. The molecule has 0 unspecified atom stereocenters. The van der Waals surface area contributed by atoms with Crippen LogP contribution in [0.15, 0.2) is 42.5 Å². The standard InChI is InChI=1S/C21H21N5O3/c1-13(27)15-5-10-19(29-2)16(11-15)12-20(28)22-17-6-3-14(4-7-17)21-23-24-25-26(21)18-8-9-18/h3-7,10-11,18H,8-9,12H2,1-2H3,(H,22,28). The number of anilines is 1. The summed E-state index contributed by atoms with van der Waals surface area (Å²) in [5.41, 5.74) is 2.78. The van der Waals surface area contributed by atoms with E-state index < -0.39 is 0 Å². The third-order valence-corrected chi connectivity index (χ3v) is 4.85. The Labute approximate surface area is 167 Å². The second-order valence-corrected chi connectivity index (χ2v) is 7.06. The van der Waals surface area contributed by atoms with E-state index in [9.17, 15) is 9.59 Å². The molecule has 1 amide bonds. The van der Waals surface area contributed by atoms with Crippen molar-refractivity contribution in [2.24, 2.45) is 0 Å². The molecular formula is C21H21N5O3. The van der Waals surface area contributed by atoms with E-state index in [0.29, 0.717) is 28.6 Å². The molecule has 1 fully saturated rings. The second-order valence-electron chi connectivity index (χ2n) is 7.06. The van der Waals surface area contributed by atoms with Crippen LogP contribution in [-0.2, 0) is 11.2 Å². The zero-order valence-electron chi connectivity index (χ0n) is 16.3. The first kappa shape index (κ1) is 18.8. The fourth-order valence-corrected chi connectivity index (χ4v) is 3.17. The number of carbonyl (C=O) groups is 2. The van der Waals surface area contributed by atoms with Crippen LogP contribution < -0.4 is 10.1 Å². The number of tetrazole rings is 1. The average molecular weight is 391 g/mol. The van der Waals surface area contributed by atoms with Gasteiger partial charge >= 0.3 is 0 Å². The van der Waals surface area contributed by atoms with Crippen LogP contribution in [0.1, 0.15) is 41.7 Å². The number of rotatable bonds is 7. The van der Waals surface area contributed by atoms with Gasteiger partial charge in [0.2, 0.25) is 5.91 Å². The molecule has 1 saturated carbocycles. The third kappa shape index (κ3) is 4.16. The van der Waals surface area contributed by atoms with Gasteiger partial charge in [0.15, 0.2) is 11.6 Å². The number of hydrogen-bond donors (Lipinski definition) is 1. The number of ether oxygens (including phenoxy) is 1. The van der Waals surface area contributed by atoms with E-state index in [2.05, 4.69) is 20.8 Å². The number of ketones is 1. The van der Waals surface area contributed by atoms with Gasteiger partial charge < -0.3 is 10.1 Å². The molecule has 0 spiro atoms. The zero-order valence-corrected chi connectivity index (χ0v) is 16.3. The summed E-state index contributed by atoms with van der Waals surface area (Å²) >= 11 is 0. The Balaban J connectivity index is 1.46. The molecule has 148 valence electrons. The summed E-state index contributed by atoms with van der Waals surface area (Å²) in [7, 11) is 1.54. The number of nitrogens with one attached hydrogen (secondary N) is 1. The van der Waals surface area contributed by atoms with Gasteiger partial charge in [0.25, 0.3) is 0 Å². The lowest BCUT2D eigenvalue weighted by molar-refractivity contribution is -0.115. The van der Waals surface area contributed by atoms with E-state index in [0.717, 1.165) is 24.2 Å². The molecule has 1 aliphatic carbocycles. The normalized spacial score (nSPS) is 13.2. The minimum absolute atomic E-state index is 0.0570. The van der Waals surface area contributed by atoms with E-state index in [-0.39, 0.29) is 18.1 Å². The first-order chi connectivity index (χ1) is 14.0. The molecule has 0 atom stereocenters. The summed E-state index contributed by atoms with van der Waals surface area (Å²) in [6.45, 7) is 1.49. The highest BCUT2D eigenvalue weighted by atomic mass is 16.5. The molecule has 8 heteroatoms. The van der Waals surface area contributed by atoms with Crippen LogP contribution in [0, 0.1) is 0 Å². The van der Waals surface area contributed by atoms with Crippen molar-refractivity contribution in [2.75, 3.05) is 12.4 Å². The number of hydrogen-bond acceptors (Lipinski definition) is 6. The van der Waals surface area contributed by atoms with Crippen LogP contribution >= 0.6 is 0 Å². The highest BCUT2D eigenvalue weighted by Gasteiger charge is 2.28. The van der Waals surface area contributed by atoms with Crippen molar-refractivity contribution < 1.29 is 14.3 Å². The molecular weight excluding hydrogens is 370 g/mol. The van der Waals surface area contributed by atoms with Crippen LogP contribution in [0.3, 0.4) is 0 Å². The molecule has 1 aromatic heterocycles. The Morgan fingerprint density at radius 2 is 1.93 bits per heavy atom. The topological polar surface area (TPSA) is 99.0 Å². The summed E-state index contributed by atoms with van der Waals surface area (Å²) < 4.78 is 7.16. The number of amides is 1. The average Bonchev–Trinajstić information content (AvgIpc) is 3.45. The minimum atomic E-state index is -0.195. The lowest BCUT2D eigenvalue weighted by Gasteiger charge is -2.11. The molecule has 0 saturated heterocycles. The van der Waals surface area contributed by atoms with Gasteiger partial charge in [-0.15, -0.1) is 5.10 Å². The van der Waals surface area contributed by atoms with Crippen molar-refractivity contribution in [3.63, 3.8) is 0 Å². The molecule has 8 nitrogen and oxygen atoms in total. The molecule has 0 aliphatic heterocycles. The fraction of sp³-hybridized carbons (Fsp3) is 0.286. The number of methoxy groups -OCH3 is 1. The first-order valence-corrected chi connectivity index (χ1v) is 9.41. The number of Topliss-reactive ketones (excluding diaryl/α,β-unsaturated/α-hetero) is 1. The Morgan fingerprint density at radius 1 is 1.17 bits per heavy atom. The van der Waals surface area contributed by atoms with Gasteiger partial charge in [-0.3, -0.25) is 9.59 Å². The van der Waals surface area contributed by atoms with E-state index in [1.165, 1.54) is 14.0 Å². The third-order valence-electron chi connectivity index (χ3n) is 4.85. The Hall–Kier alpha value is -3.55. The fourth-order valence-electron chi connectivity index (χ4n) is 3.17. The minimum Gasteiger partial charge on any atom is -0.496 e. The summed E-state index contributed by atoms with van der Waals surface area (Å²) in [5, 5.41) is 14.8. The first-order valence-electron chi connectivity index (χ1n) is 9.41. The summed E-state index contributed by atoms with van der Waals surface area (Å²) in [4.78, 5) is 24.1. The van der Waals surface area contributed by atoms with Crippen LogP contribution in [-0.4, -0.2) is 39.0 Å². The van der Waals surface area contributed by atoms with Crippen molar-refractivity contribution in [1.82, 2.24) is 20.2 Å². The van der Waals surface area contributed by atoms with Crippen molar-refractivity contribution in [1.29, 1.82) is 0 Å². The maximum absolute atomic E-state index is 12.5. The van der Waals surface area contributed by atoms with Gasteiger partial charge in [0, 0.05) is 22.4 Å². The highest BCUT2D eigenvalue weighted by molar-refractivity contribution is 5.96. The van der Waals surface area contributed by atoms with Gasteiger partial charge in [-0.2, -0.15) is 0 Å². The Kier molecular flexibility index (Phi) is 5.07. The second kappa shape index (κ2) is 7.83. The molecule has 2 aromatic carbocycles. The van der Waals surface area contributed by atoms with Gasteiger partial charge in [0.05, 0.1) is 19.6 Å². The van der Waals surface area contributed by atoms with Crippen LogP contribution in [0.4, 0.5) is 5.69 Å². The summed E-state index contributed by atoms with van der Waals surface area (Å²) in [6, 6.07) is 12.9. The maximum atomic E-state index is 12.5. The molecule has 3 aromatic rings. The van der Waals surface area contributed by atoms with Crippen molar-refractivity contribution in [3.05, 3.63) is 53.6 Å². The quantitative estimate of drug-likeness (QED) is 0.622. The molecule has 29 heavy (non-hydrogen) atoms. The molecule has 4 rings (SSSR count). The van der Waals surface area contributed by atoms with E-state index in [4.69, 9.17) is 4.74 Å². The Bertz CT molecular complexity index is 1050.